The minimum atomic E-state index is -4.03. The van der Waals surface area contributed by atoms with Gasteiger partial charge >= 0.3 is 0 Å². The molecular formula is C19H17NO5S2. The molecule has 3 aromatic rings. The maximum atomic E-state index is 13.3. The van der Waals surface area contributed by atoms with Crippen molar-refractivity contribution in [2.75, 3.05) is 5.75 Å². The second-order valence-corrected chi connectivity index (χ2v) is 10.3. The van der Waals surface area contributed by atoms with E-state index in [4.69, 9.17) is 0 Å². The van der Waals surface area contributed by atoms with Crippen molar-refractivity contribution in [2.45, 2.75) is 16.2 Å². The van der Waals surface area contributed by atoms with Crippen LogP contribution in [0.25, 0.3) is 11.3 Å². The summed E-state index contributed by atoms with van der Waals surface area (Å²) in [5.41, 5.74) is 2.01. The van der Waals surface area contributed by atoms with E-state index in [-0.39, 0.29) is 21.1 Å². The van der Waals surface area contributed by atoms with Crippen molar-refractivity contribution in [2.24, 2.45) is 0 Å². The summed E-state index contributed by atoms with van der Waals surface area (Å²) < 4.78 is 47.9. The van der Waals surface area contributed by atoms with E-state index in [0.29, 0.717) is 24.0 Å². The third kappa shape index (κ3) is 3.00. The van der Waals surface area contributed by atoms with Gasteiger partial charge in [0, 0.05) is 17.5 Å². The fraction of sp³-hybridized carbons (Fsp3) is 0.105. The smallest absolute Gasteiger partial charge is 0.268 e. The minimum absolute atomic E-state index is 0.0478. The van der Waals surface area contributed by atoms with Crippen molar-refractivity contribution in [1.29, 1.82) is 0 Å². The molecule has 2 aromatic carbocycles. The first kappa shape index (κ1) is 18.0. The largest absolute Gasteiger partial charge is 0.298 e. The Bertz CT molecular complexity index is 1130. The Hall–Kier alpha value is -2.39. The zero-order chi connectivity index (χ0) is 19.2. The third-order valence-electron chi connectivity index (χ3n) is 4.62. The van der Waals surface area contributed by atoms with E-state index >= 15 is 0 Å². The normalized spacial score (nSPS) is 16.7. The standard InChI is InChI=1S/C19H17NO5S2/c21-13-14-10-18(15-4-2-1-3-5-15)20(12-14)27(24,25)17-7-6-16-8-9-26(22,23)19(16)11-17/h1-7,10-13,22-23H,8-9H2. The number of hydrogen-bond donors (Lipinski definition) is 2. The zero-order valence-corrected chi connectivity index (χ0v) is 15.8. The zero-order valence-electron chi connectivity index (χ0n) is 14.1. The molecule has 1 aliphatic rings. The van der Waals surface area contributed by atoms with Crippen molar-refractivity contribution in [3.63, 3.8) is 0 Å². The van der Waals surface area contributed by atoms with Crippen LogP contribution in [0.5, 0.6) is 0 Å². The highest BCUT2D eigenvalue weighted by Gasteiger charge is 2.30. The molecule has 0 bridgehead atoms. The molecule has 0 radical (unpaired) electrons. The van der Waals surface area contributed by atoms with Gasteiger partial charge in [-0.2, -0.15) is 10.6 Å². The van der Waals surface area contributed by atoms with Crippen LogP contribution in [0.4, 0.5) is 0 Å². The van der Waals surface area contributed by atoms with Gasteiger partial charge in [0.25, 0.3) is 10.0 Å². The molecule has 2 N–H and O–H groups in total. The summed E-state index contributed by atoms with van der Waals surface area (Å²) in [7, 11) is -6.99. The molecule has 0 unspecified atom stereocenters. The van der Waals surface area contributed by atoms with Crippen LogP contribution in [0.1, 0.15) is 15.9 Å². The number of rotatable bonds is 4. The maximum Gasteiger partial charge on any atom is 0.268 e. The van der Waals surface area contributed by atoms with Gasteiger partial charge in [0.2, 0.25) is 0 Å². The van der Waals surface area contributed by atoms with E-state index < -0.39 is 20.6 Å². The van der Waals surface area contributed by atoms with Crippen molar-refractivity contribution in [3.05, 3.63) is 71.9 Å². The van der Waals surface area contributed by atoms with E-state index in [1.807, 2.05) is 6.07 Å². The lowest BCUT2D eigenvalue weighted by Gasteiger charge is -2.27. The quantitative estimate of drug-likeness (QED) is 0.645. The van der Waals surface area contributed by atoms with Gasteiger partial charge in [-0.3, -0.25) is 13.9 Å². The van der Waals surface area contributed by atoms with Crippen LogP contribution in [-0.2, 0) is 16.4 Å². The van der Waals surface area contributed by atoms with Gasteiger partial charge in [-0.15, -0.1) is 0 Å². The topological polar surface area (TPSA) is 96.6 Å². The monoisotopic (exact) mass is 403 g/mol. The van der Waals surface area contributed by atoms with E-state index in [2.05, 4.69) is 0 Å². The number of hydrogen-bond acceptors (Lipinski definition) is 5. The van der Waals surface area contributed by atoms with E-state index in [1.54, 1.807) is 30.3 Å². The fourth-order valence-electron chi connectivity index (χ4n) is 3.23. The van der Waals surface area contributed by atoms with Crippen LogP contribution >= 0.6 is 10.6 Å². The number of fused-ring (bicyclic) bond motifs is 1. The van der Waals surface area contributed by atoms with Gasteiger partial charge < -0.3 is 0 Å². The lowest BCUT2D eigenvalue weighted by Crippen LogP contribution is -2.13. The molecule has 4 rings (SSSR count). The van der Waals surface area contributed by atoms with Crippen molar-refractivity contribution >= 4 is 26.9 Å². The molecule has 6 nitrogen and oxygen atoms in total. The Balaban J connectivity index is 1.89. The average Bonchev–Trinajstić information content (AvgIpc) is 3.24. The summed E-state index contributed by atoms with van der Waals surface area (Å²) in [4.78, 5) is 11.5. The van der Waals surface area contributed by atoms with Gasteiger partial charge in [-0.25, -0.2) is 12.4 Å². The summed E-state index contributed by atoms with van der Waals surface area (Å²) in [5.74, 6) is 0.208. The second-order valence-electron chi connectivity index (χ2n) is 6.33. The molecule has 0 atom stereocenters. The molecule has 0 amide bonds. The van der Waals surface area contributed by atoms with Crippen molar-refractivity contribution in [1.82, 2.24) is 3.97 Å². The van der Waals surface area contributed by atoms with E-state index in [1.165, 1.54) is 24.4 Å². The molecule has 140 valence electrons. The summed E-state index contributed by atoms with van der Waals surface area (Å²) in [5, 5.41) is 0. The minimum Gasteiger partial charge on any atom is -0.298 e. The Morgan fingerprint density at radius 1 is 1.04 bits per heavy atom. The van der Waals surface area contributed by atoms with Gasteiger partial charge in [0.15, 0.2) is 6.29 Å². The first-order valence-electron chi connectivity index (χ1n) is 8.20. The van der Waals surface area contributed by atoms with Gasteiger partial charge in [0.05, 0.1) is 15.5 Å². The Kier molecular flexibility index (Phi) is 4.23. The molecule has 0 fully saturated rings. The predicted octanol–water partition coefficient (Wildman–Crippen LogP) is 3.87. The predicted molar refractivity (Wildman–Crippen MR) is 104 cm³/mol. The van der Waals surface area contributed by atoms with Crippen LogP contribution in [0, 0.1) is 0 Å². The number of aldehydes is 1. The number of benzene rings is 2. The first-order chi connectivity index (χ1) is 12.8. The third-order valence-corrected chi connectivity index (χ3v) is 8.14. The summed E-state index contributed by atoms with van der Waals surface area (Å²) in [6.07, 6.45) is 2.37. The number of aryl methyl sites for hydroxylation is 1. The number of nitrogens with zero attached hydrogens (tertiary/aromatic N) is 1. The Labute approximate surface area is 158 Å². The van der Waals surface area contributed by atoms with Gasteiger partial charge in [-0.05, 0) is 35.7 Å². The molecule has 0 spiro atoms. The average molecular weight is 403 g/mol. The Morgan fingerprint density at radius 3 is 2.48 bits per heavy atom. The molecule has 0 saturated heterocycles. The van der Waals surface area contributed by atoms with E-state index in [0.717, 1.165) is 9.54 Å². The summed E-state index contributed by atoms with van der Waals surface area (Å²) >= 11 is 0. The van der Waals surface area contributed by atoms with Crippen molar-refractivity contribution in [3.8, 4) is 11.3 Å². The fourth-order valence-corrected chi connectivity index (χ4v) is 6.34. The summed E-state index contributed by atoms with van der Waals surface area (Å²) in [6, 6.07) is 14.8. The van der Waals surface area contributed by atoms with Crippen LogP contribution in [-0.4, -0.2) is 33.5 Å². The van der Waals surface area contributed by atoms with Gasteiger partial charge in [0.1, 0.15) is 0 Å². The SMILES string of the molecule is O=Cc1cc(-c2ccccc2)n(S(=O)(=O)c2ccc3c(c2)S(O)(O)CC3)c1. The Morgan fingerprint density at radius 2 is 1.78 bits per heavy atom. The van der Waals surface area contributed by atoms with Crippen LogP contribution in [0.15, 0.2) is 70.6 Å². The number of carbonyl (C=O) groups is 1. The summed E-state index contributed by atoms with van der Waals surface area (Å²) in [6.45, 7) is 0. The lowest BCUT2D eigenvalue weighted by atomic mass is 10.1. The molecular weight excluding hydrogens is 386 g/mol. The molecule has 1 aromatic heterocycles. The number of aromatic nitrogens is 1. The highest BCUT2D eigenvalue weighted by atomic mass is 32.3. The lowest BCUT2D eigenvalue weighted by molar-refractivity contribution is 0.112. The van der Waals surface area contributed by atoms with Crippen LogP contribution in [0.2, 0.25) is 0 Å². The maximum absolute atomic E-state index is 13.3. The molecule has 0 aliphatic carbocycles. The van der Waals surface area contributed by atoms with Crippen molar-refractivity contribution < 1.29 is 22.3 Å². The number of carbonyl (C=O) groups excluding carboxylic acids is 1. The van der Waals surface area contributed by atoms with Crippen LogP contribution in [0.3, 0.4) is 0 Å². The second kappa shape index (κ2) is 6.35. The highest BCUT2D eigenvalue weighted by Crippen LogP contribution is 2.55. The van der Waals surface area contributed by atoms with Gasteiger partial charge in [-0.1, -0.05) is 36.4 Å². The van der Waals surface area contributed by atoms with Crippen LogP contribution < -0.4 is 0 Å². The molecule has 2 heterocycles. The molecule has 1 aliphatic heterocycles. The highest BCUT2D eigenvalue weighted by molar-refractivity contribution is 8.24. The molecule has 27 heavy (non-hydrogen) atoms. The first-order valence-corrected chi connectivity index (χ1v) is 11.4. The van der Waals surface area contributed by atoms with E-state index in [9.17, 15) is 22.3 Å². The molecule has 8 heteroatoms. The molecule has 0 saturated carbocycles.